The van der Waals surface area contributed by atoms with Crippen molar-refractivity contribution in [2.45, 2.75) is 20.3 Å². The smallest absolute Gasteiger partial charge is 0.406 e. The third-order valence-electron chi connectivity index (χ3n) is 2.24. The number of hydrogen-bond donors (Lipinski definition) is 1. The van der Waals surface area contributed by atoms with Gasteiger partial charge in [-0.1, -0.05) is 13.8 Å². The van der Waals surface area contributed by atoms with Gasteiger partial charge in [-0.3, -0.25) is 0 Å². The maximum atomic E-state index is 11.5. The van der Waals surface area contributed by atoms with Gasteiger partial charge in [-0.2, -0.15) is 0 Å². The normalized spacial score (nSPS) is 11.9. The molecule has 102 valence electrons. The minimum Gasteiger partial charge on any atom is -0.453 e. The predicted molar refractivity (Wildman–Crippen MR) is 66.3 cm³/mol. The molecular weight excluding hydrogens is 244 g/mol. The second kappa shape index (κ2) is 7.50. The second-order valence-corrected chi connectivity index (χ2v) is 6.25. The Bertz CT molecular complexity index is 327. The van der Waals surface area contributed by atoms with Crippen LogP contribution in [0, 0.1) is 5.92 Å². The molecule has 1 N–H and O–H groups in total. The number of carbonyl (C=O) groups excluding carboxylic acids is 1. The van der Waals surface area contributed by atoms with Crippen LogP contribution in [0.3, 0.4) is 0 Å². The van der Waals surface area contributed by atoms with Gasteiger partial charge in [0.25, 0.3) is 0 Å². The van der Waals surface area contributed by atoms with Crippen molar-refractivity contribution in [2.24, 2.45) is 5.92 Å². The average Bonchev–Trinajstić information content (AvgIpc) is 2.20. The number of hydrogen-bond acceptors (Lipinski definition) is 4. The number of nitrogens with zero attached hydrogens (tertiary/aromatic N) is 1. The van der Waals surface area contributed by atoms with Crippen LogP contribution >= 0.6 is 0 Å². The minimum atomic E-state index is -3.22. The molecule has 0 saturated carbocycles. The molecule has 0 aromatic carbocycles. The molecule has 0 spiro atoms. The Labute approximate surface area is 103 Å². The molecule has 0 saturated heterocycles. The molecule has 0 aliphatic rings. The molecule has 0 unspecified atom stereocenters. The van der Waals surface area contributed by atoms with E-state index in [9.17, 15) is 13.2 Å². The van der Waals surface area contributed by atoms with E-state index in [0.717, 1.165) is 6.42 Å². The van der Waals surface area contributed by atoms with Crippen molar-refractivity contribution in [3.63, 3.8) is 0 Å². The van der Waals surface area contributed by atoms with E-state index in [1.807, 2.05) is 13.8 Å². The van der Waals surface area contributed by atoms with E-state index in [2.05, 4.69) is 10.1 Å². The molecule has 0 atom stereocenters. The molecule has 0 rings (SSSR count). The highest BCUT2D eigenvalue weighted by molar-refractivity contribution is 7.88. The first kappa shape index (κ1) is 16.2. The summed E-state index contributed by atoms with van der Waals surface area (Å²) < 4.78 is 28.7. The van der Waals surface area contributed by atoms with Crippen LogP contribution in [0.4, 0.5) is 4.79 Å². The summed E-state index contributed by atoms with van der Waals surface area (Å²) in [5.74, 6) is 0.438. The van der Waals surface area contributed by atoms with Crippen LogP contribution in [0.15, 0.2) is 0 Å². The summed E-state index contributed by atoms with van der Waals surface area (Å²) >= 11 is 0. The summed E-state index contributed by atoms with van der Waals surface area (Å²) in [4.78, 5) is 10.8. The lowest BCUT2D eigenvalue weighted by Gasteiger charge is -2.20. The Hall–Kier alpha value is -0.820. The highest BCUT2D eigenvalue weighted by Crippen LogP contribution is 2.05. The first-order valence-corrected chi connectivity index (χ1v) is 7.39. The van der Waals surface area contributed by atoms with Crippen LogP contribution < -0.4 is 5.32 Å². The van der Waals surface area contributed by atoms with Crippen molar-refractivity contribution in [3.05, 3.63) is 0 Å². The van der Waals surface area contributed by atoms with Gasteiger partial charge in [-0.05, 0) is 12.3 Å². The molecule has 0 aliphatic carbocycles. The molecule has 0 heterocycles. The summed E-state index contributed by atoms with van der Waals surface area (Å²) in [6, 6.07) is 0. The van der Waals surface area contributed by atoms with Gasteiger partial charge in [0.05, 0.1) is 13.4 Å². The molecule has 0 radical (unpaired) electrons. The maximum absolute atomic E-state index is 11.5. The van der Waals surface area contributed by atoms with E-state index in [4.69, 9.17) is 0 Å². The van der Waals surface area contributed by atoms with E-state index in [-0.39, 0.29) is 13.1 Å². The van der Waals surface area contributed by atoms with Crippen molar-refractivity contribution in [2.75, 3.05) is 33.0 Å². The first-order chi connectivity index (χ1) is 7.77. The van der Waals surface area contributed by atoms with E-state index in [0.29, 0.717) is 12.5 Å². The number of rotatable bonds is 7. The van der Waals surface area contributed by atoms with Gasteiger partial charge in [0, 0.05) is 19.6 Å². The van der Waals surface area contributed by atoms with E-state index >= 15 is 0 Å². The number of alkyl carbamates (subject to hydrolysis) is 1. The number of carbonyl (C=O) groups is 1. The standard InChI is InChI=1S/C10H22N2O4S/c1-9(2)5-7-12(17(4,14)15)8-6-11-10(13)16-3/h9H,5-8H2,1-4H3,(H,11,13). The van der Waals surface area contributed by atoms with Gasteiger partial charge < -0.3 is 10.1 Å². The zero-order valence-corrected chi connectivity index (χ0v) is 11.7. The highest BCUT2D eigenvalue weighted by atomic mass is 32.2. The molecule has 0 aliphatic heterocycles. The molecule has 0 bridgehead atoms. The lowest BCUT2D eigenvalue weighted by molar-refractivity contribution is 0.170. The van der Waals surface area contributed by atoms with Crippen LogP contribution in [-0.2, 0) is 14.8 Å². The third-order valence-corrected chi connectivity index (χ3v) is 3.54. The predicted octanol–water partition coefficient (Wildman–Crippen LogP) is 0.650. The van der Waals surface area contributed by atoms with Crippen molar-refractivity contribution in [3.8, 4) is 0 Å². The number of nitrogens with one attached hydrogen (secondary N) is 1. The lowest BCUT2D eigenvalue weighted by Crippen LogP contribution is -2.38. The Morgan fingerprint density at radius 2 is 1.94 bits per heavy atom. The van der Waals surface area contributed by atoms with Crippen LogP contribution in [0.2, 0.25) is 0 Å². The zero-order chi connectivity index (χ0) is 13.5. The summed E-state index contributed by atoms with van der Waals surface area (Å²) in [6.45, 7) is 5.05. The zero-order valence-electron chi connectivity index (χ0n) is 10.9. The largest absolute Gasteiger partial charge is 0.453 e. The fraction of sp³-hybridized carbons (Fsp3) is 0.900. The molecule has 1 amide bonds. The number of ether oxygens (including phenoxy) is 1. The molecule has 7 heteroatoms. The van der Waals surface area contributed by atoms with Crippen molar-refractivity contribution < 1.29 is 17.9 Å². The van der Waals surface area contributed by atoms with Crippen molar-refractivity contribution in [1.82, 2.24) is 9.62 Å². The minimum absolute atomic E-state index is 0.248. The van der Waals surface area contributed by atoms with E-state index in [1.165, 1.54) is 17.7 Å². The molecule has 17 heavy (non-hydrogen) atoms. The summed E-state index contributed by atoms with van der Waals surface area (Å²) in [5, 5.41) is 2.46. The summed E-state index contributed by atoms with van der Waals surface area (Å²) in [5.41, 5.74) is 0. The van der Waals surface area contributed by atoms with Gasteiger partial charge in [-0.15, -0.1) is 0 Å². The van der Waals surface area contributed by atoms with Gasteiger partial charge >= 0.3 is 6.09 Å². The quantitative estimate of drug-likeness (QED) is 0.734. The topological polar surface area (TPSA) is 75.7 Å². The third kappa shape index (κ3) is 7.98. The number of sulfonamides is 1. The molecule has 0 fully saturated rings. The van der Waals surface area contributed by atoms with Crippen LogP contribution in [0.25, 0.3) is 0 Å². The first-order valence-electron chi connectivity index (χ1n) is 5.54. The Morgan fingerprint density at radius 1 is 1.35 bits per heavy atom. The molecule has 0 aromatic heterocycles. The number of amides is 1. The Balaban J connectivity index is 4.17. The Morgan fingerprint density at radius 3 is 2.35 bits per heavy atom. The molecular formula is C10H22N2O4S. The fourth-order valence-electron chi connectivity index (χ4n) is 1.20. The van der Waals surface area contributed by atoms with Gasteiger partial charge in [-0.25, -0.2) is 17.5 Å². The van der Waals surface area contributed by atoms with E-state index in [1.54, 1.807) is 0 Å². The molecule has 6 nitrogen and oxygen atoms in total. The van der Waals surface area contributed by atoms with Gasteiger partial charge in [0.1, 0.15) is 0 Å². The summed E-state index contributed by atoms with van der Waals surface area (Å²) in [6.07, 6.45) is 1.42. The van der Waals surface area contributed by atoms with E-state index < -0.39 is 16.1 Å². The van der Waals surface area contributed by atoms with Crippen LogP contribution in [0.1, 0.15) is 20.3 Å². The van der Waals surface area contributed by atoms with Crippen molar-refractivity contribution >= 4 is 16.1 Å². The molecule has 0 aromatic rings. The van der Waals surface area contributed by atoms with Crippen LogP contribution in [0.5, 0.6) is 0 Å². The summed E-state index contributed by atoms with van der Waals surface area (Å²) in [7, 11) is -1.96. The van der Waals surface area contributed by atoms with Crippen molar-refractivity contribution in [1.29, 1.82) is 0 Å². The lowest BCUT2D eigenvalue weighted by atomic mass is 10.1. The average molecular weight is 266 g/mol. The fourth-order valence-corrected chi connectivity index (χ4v) is 2.06. The maximum Gasteiger partial charge on any atom is 0.406 e. The Kier molecular flexibility index (Phi) is 7.13. The SMILES string of the molecule is COC(=O)NCCN(CCC(C)C)S(C)(=O)=O. The number of methoxy groups -OCH3 is 1. The van der Waals surface area contributed by atoms with Crippen LogP contribution in [-0.4, -0.2) is 51.8 Å². The highest BCUT2D eigenvalue weighted by Gasteiger charge is 2.16. The van der Waals surface area contributed by atoms with Gasteiger partial charge in [0.2, 0.25) is 10.0 Å². The second-order valence-electron chi connectivity index (χ2n) is 4.26. The van der Waals surface area contributed by atoms with Gasteiger partial charge in [0.15, 0.2) is 0 Å². The monoisotopic (exact) mass is 266 g/mol.